The standard InChI is InChI=1S/C12H16N4O3/c1-18-8-9-19-7-6-12(17)14-10-2-4-11(5-3-10)15-16-13/h2-5H,6-9H2,1H3,(H,14,17). The zero-order valence-corrected chi connectivity index (χ0v) is 10.7. The molecule has 0 saturated heterocycles. The Morgan fingerprint density at radius 3 is 2.68 bits per heavy atom. The number of rotatable bonds is 8. The summed E-state index contributed by atoms with van der Waals surface area (Å²) < 4.78 is 10.0. The lowest BCUT2D eigenvalue weighted by molar-refractivity contribution is -0.117. The number of amides is 1. The van der Waals surface area contributed by atoms with Crippen molar-refractivity contribution in [2.75, 3.05) is 32.2 Å². The van der Waals surface area contributed by atoms with Gasteiger partial charge < -0.3 is 14.8 Å². The fourth-order valence-electron chi connectivity index (χ4n) is 1.30. The van der Waals surface area contributed by atoms with Gasteiger partial charge >= 0.3 is 0 Å². The van der Waals surface area contributed by atoms with E-state index in [1.807, 2.05) is 0 Å². The fourth-order valence-corrected chi connectivity index (χ4v) is 1.30. The third kappa shape index (κ3) is 6.42. The number of anilines is 1. The molecule has 0 heterocycles. The van der Waals surface area contributed by atoms with Crippen LogP contribution in [0, 0.1) is 0 Å². The summed E-state index contributed by atoms with van der Waals surface area (Å²) in [6.45, 7) is 1.35. The molecule has 0 aromatic heterocycles. The fraction of sp³-hybridized carbons (Fsp3) is 0.417. The Kier molecular flexibility index (Phi) is 7.04. The van der Waals surface area contributed by atoms with Gasteiger partial charge in [0.05, 0.1) is 26.2 Å². The number of nitrogens with zero attached hydrogens (tertiary/aromatic N) is 3. The molecule has 7 heteroatoms. The van der Waals surface area contributed by atoms with Gasteiger partial charge in [0, 0.05) is 23.4 Å². The first-order chi connectivity index (χ1) is 9.26. The smallest absolute Gasteiger partial charge is 0.226 e. The topological polar surface area (TPSA) is 96.3 Å². The number of carbonyl (C=O) groups is 1. The van der Waals surface area contributed by atoms with Gasteiger partial charge in [0.25, 0.3) is 0 Å². The van der Waals surface area contributed by atoms with E-state index < -0.39 is 0 Å². The Labute approximate surface area is 111 Å². The van der Waals surface area contributed by atoms with E-state index >= 15 is 0 Å². The quantitative estimate of drug-likeness (QED) is 0.338. The summed E-state index contributed by atoms with van der Waals surface area (Å²) in [7, 11) is 1.59. The van der Waals surface area contributed by atoms with Crippen molar-refractivity contribution in [2.45, 2.75) is 6.42 Å². The second-order valence-corrected chi connectivity index (χ2v) is 3.64. The Morgan fingerprint density at radius 2 is 2.05 bits per heavy atom. The van der Waals surface area contributed by atoms with Crippen molar-refractivity contribution in [3.63, 3.8) is 0 Å². The van der Waals surface area contributed by atoms with E-state index in [2.05, 4.69) is 15.3 Å². The Morgan fingerprint density at radius 1 is 1.32 bits per heavy atom. The van der Waals surface area contributed by atoms with E-state index in [0.717, 1.165) is 0 Å². The van der Waals surface area contributed by atoms with Crippen LogP contribution < -0.4 is 5.32 Å². The van der Waals surface area contributed by atoms with Gasteiger partial charge in [-0.2, -0.15) is 0 Å². The number of nitrogens with one attached hydrogen (secondary N) is 1. The number of hydrogen-bond donors (Lipinski definition) is 1. The molecule has 1 amide bonds. The molecule has 1 rings (SSSR count). The van der Waals surface area contributed by atoms with Gasteiger partial charge in [-0.05, 0) is 17.7 Å². The van der Waals surface area contributed by atoms with Crippen LogP contribution in [0.2, 0.25) is 0 Å². The second-order valence-electron chi connectivity index (χ2n) is 3.64. The van der Waals surface area contributed by atoms with E-state index in [-0.39, 0.29) is 12.3 Å². The van der Waals surface area contributed by atoms with E-state index in [1.165, 1.54) is 0 Å². The predicted octanol–water partition coefficient (Wildman–Crippen LogP) is 2.62. The van der Waals surface area contributed by atoms with Gasteiger partial charge in [-0.3, -0.25) is 4.79 Å². The van der Waals surface area contributed by atoms with Crippen molar-refractivity contribution >= 4 is 17.3 Å². The molecule has 0 saturated carbocycles. The maximum absolute atomic E-state index is 11.6. The molecular weight excluding hydrogens is 248 g/mol. The minimum atomic E-state index is -0.131. The lowest BCUT2D eigenvalue weighted by Gasteiger charge is -2.06. The number of hydrogen-bond acceptors (Lipinski definition) is 4. The number of methoxy groups -OCH3 is 1. The van der Waals surface area contributed by atoms with Crippen LogP contribution in [0.3, 0.4) is 0 Å². The van der Waals surface area contributed by atoms with Crippen molar-refractivity contribution in [3.8, 4) is 0 Å². The van der Waals surface area contributed by atoms with Gasteiger partial charge in [0.2, 0.25) is 5.91 Å². The van der Waals surface area contributed by atoms with Crippen LogP contribution in [0.4, 0.5) is 11.4 Å². The van der Waals surface area contributed by atoms with Crippen molar-refractivity contribution < 1.29 is 14.3 Å². The van der Waals surface area contributed by atoms with Crippen molar-refractivity contribution in [1.29, 1.82) is 0 Å². The third-order valence-electron chi connectivity index (χ3n) is 2.22. The van der Waals surface area contributed by atoms with E-state index in [0.29, 0.717) is 31.2 Å². The largest absolute Gasteiger partial charge is 0.382 e. The molecule has 1 N–H and O–H groups in total. The molecule has 0 bridgehead atoms. The highest BCUT2D eigenvalue weighted by molar-refractivity contribution is 5.90. The van der Waals surface area contributed by atoms with Crippen LogP contribution in [0.5, 0.6) is 0 Å². The number of azide groups is 1. The Hall–Kier alpha value is -2.08. The summed E-state index contributed by atoms with van der Waals surface area (Å²) in [4.78, 5) is 14.2. The van der Waals surface area contributed by atoms with Crippen LogP contribution in [0.25, 0.3) is 10.4 Å². The predicted molar refractivity (Wildman–Crippen MR) is 71.2 cm³/mol. The summed E-state index contributed by atoms with van der Waals surface area (Å²) in [6, 6.07) is 6.61. The molecule has 7 nitrogen and oxygen atoms in total. The molecule has 0 atom stereocenters. The van der Waals surface area contributed by atoms with E-state index in [1.54, 1.807) is 31.4 Å². The van der Waals surface area contributed by atoms with Crippen molar-refractivity contribution in [1.82, 2.24) is 0 Å². The molecular formula is C12H16N4O3. The van der Waals surface area contributed by atoms with Gasteiger partial charge in [0.1, 0.15) is 0 Å². The van der Waals surface area contributed by atoms with Crippen LogP contribution in [0.15, 0.2) is 29.4 Å². The van der Waals surface area contributed by atoms with Gasteiger partial charge in [-0.25, -0.2) is 0 Å². The zero-order chi connectivity index (χ0) is 13.9. The first-order valence-corrected chi connectivity index (χ1v) is 5.78. The van der Waals surface area contributed by atoms with Gasteiger partial charge in [-0.1, -0.05) is 17.2 Å². The van der Waals surface area contributed by atoms with Crippen LogP contribution in [-0.2, 0) is 14.3 Å². The molecule has 0 aliphatic rings. The van der Waals surface area contributed by atoms with E-state index in [4.69, 9.17) is 15.0 Å². The molecule has 0 unspecified atom stereocenters. The molecule has 0 aliphatic carbocycles. The highest BCUT2D eigenvalue weighted by atomic mass is 16.5. The van der Waals surface area contributed by atoms with E-state index in [9.17, 15) is 4.79 Å². The molecule has 102 valence electrons. The van der Waals surface area contributed by atoms with Gasteiger partial charge in [-0.15, -0.1) is 0 Å². The minimum absolute atomic E-state index is 0.131. The van der Waals surface area contributed by atoms with Crippen molar-refractivity contribution in [3.05, 3.63) is 34.7 Å². The Bertz CT molecular complexity index is 441. The molecule has 19 heavy (non-hydrogen) atoms. The molecule has 1 aromatic carbocycles. The normalized spacial score (nSPS) is 9.74. The Balaban J connectivity index is 2.29. The number of ether oxygens (including phenoxy) is 2. The lowest BCUT2D eigenvalue weighted by Crippen LogP contribution is -2.15. The summed E-state index contributed by atoms with van der Waals surface area (Å²) in [6.07, 6.45) is 0.280. The van der Waals surface area contributed by atoms with Crippen LogP contribution in [-0.4, -0.2) is 32.8 Å². The second kappa shape index (κ2) is 8.93. The lowest BCUT2D eigenvalue weighted by atomic mass is 10.3. The maximum Gasteiger partial charge on any atom is 0.226 e. The number of carbonyl (C=O) groups excluding carboxylic acids is 1. The highest BCUT2D eigenvalue weighted by Crippen LogP contribution is 2.16. The minimum Gasteiger partial charge on any atom is -0.382 e. The van der Waals surface area contributed by atoms with Crippen LogP contribution >= 0.6 is 0 Å². The summed E-state index contributed by atoms with van der Waals surface area (Å²) in [5.74, 6) is -0.131. The van der Waals surface area contributed by atoms with Crippen molar-refractivity contribution in [2.24, 2.45) is 5.11 Å². The average molecular weight is 264 g/mol. The molecule has 0 aliphatic heterocycles. The summed E-state index contributed by atoms with van der Waals surface area (Å²) in [5.41, 5.74) is 9.41. The average Bonchev–Trinajstić information content (AvgIpc) is 2.41. The van der Waals surface area contributed by atoms with Crippen LogP contribution in [0.1, 0.15) is 6.42 Å². The zero-order valence-electron chi connectivity index (χ0n) is 10.7. The maximum atomic E-state index is 11.6. The molecule has 1 aromatic rings. The number of benzene rings is 1. The first-order valence-electron chi connectivity index (χ1n) is 5.78. The molecule has 0 spiro atoms. The first kappa shape index (κ1) is 15.0. The molecule has 0 fully saturated rings. The molecule has 0 radical (unpaired) electrons. The third-order valence-corrected chi connectivity index (χ3v) is 2.22. The van der Waals surface area contributed by atoms with Gasteiger partial charge in [0.15, 0.2) is 0 Å². The summed E-state index contributed by atoms with van der Waals surface area (Å²) >= 11 is 0. The monoisotopic (exact) mass is 264 g/mol. The summed E-state index contributed by atoms with van der Waals surface area (Å²) in [5, 5.41) is 6.16. The SMILES string of the molecule is COCCOCCC(=O)Nc1ccc(N=[N+]=[N-])cc1. The highest BCUT2D eigenvalue weighted by Gasteiger charge is 2.02.